The van der Waals surface area contributed by atoms with E-state index in [4.69, 9.17) is 0 Å². The minimum Gasteiger partial charge on any atom is -0.340 e. The van der Waals surface area contributed by atoms with E-state index in [2.05, 4.69) is 30.9 Å². The highest BCUT2D eigenvalue weighted by molar-refractivity contribution is 6.06. The minimum absolute atomic E-state index is 0.137. The SMILES string of the molecule is Cc1cccc(Nc2ncnc3c2ccn3C(=O)Nc2cc(NC(=O)c3cc(-n4cnc(C)c4)cc(C(F)(F)F)c3)ccc2C)c1. The van der Waals surface area contributed by atoms with Crippen LogP contribution >= 0.6 is 0 Å². The van der Waals surface area contributed by atoms with Gasteiger partial charge in [0, 0.05) is 40.7 Å². The first-order valence-corrected chi connectivity index (χ1v) is 14.1. The number of aromatic nitrogens is 5. The first-order chi connectivity index (χ1) is 21.9. The van der Waals surface area contributed by atoms with Crippen molar-refractivity contribution in [3.63, 3.8) is 0 Å². The number of halogens is 3. The number of hydrogen-bond donors (Lipinski definition) is 3. The quantitative estimate of drug-likeness (QED) is 0.175. The molecule has 0 bridgehead atoms. The van der Waals surface area contributed by atoms with Crippen molar-refractivity contribution in [1.29, 1.82) is 0 Å². The highest BCUT2D eigenvalue weighted by atomic mass is 19.4. The van der Waals surface area contributed by atoms with E-state index in [0.29, 0.717) is 33.8 Å². The second kappa shape index (κ2) is 11.8. The number of anilines is 4. The number of carbonyl (C=O) groups is 2. The molecule has 232 valence electrons. The summed E-state index contributed by atoms with van der Waals surface area (Å²) in [6, 6.07) is 16.9. The van der Waals surface area contributed by atoms with Crippen LogP contribution in [0, 0.1) is 20.8 Å². The number of rotatable bonds is 6. The van der Waals surface area contributed by atoms with Gasteiger partial charge in [0.25, 0.3) is 5.91 Å². The number of fused-ring (bicyclic) bond motifs is 1. The lowest BCUT2D eigenvalue weighted by atomic mass is 10.1. The second-order valence-electron chi connectivity index (χ2n) is 10.7. The Hall–Kier alpha value is -5.98. The molecule has 3 aromatic carbocycles. The van der Waals surface area contributed by atoms with E-state index in [1.807, 2.05) is 31.2 Å². The summed E-state index contributed by atoms with van der Waals surface area (Å²) in [6.07, 6.45) is 1.20. The van der Waals surface area contributed by atoms with Gasteiger partial charge in [-0.25, -0.2) is 19.7 Å². The van der Waals surface area contributed by atoms with Gasteiger partial charge in [0.2, 0.25) is 0 Å². The van der Waals surface area contributed by atoms with Crippen LogP contribution in [-0.2, 0) is 6.18 Å². The summed E-state index contributed by atoms with van der Waals surface area (Å²) in [5, 5.41) is 9.36. The normalized spacial score (nSPS) is 11.4. The molecule has 6 rings (SSSR count). The molecule has 46 heavy (non-hydrogen) atoms. The molecule has 13 heteroatoms. The minimum atomic E-state index is -4.67. The molecule has 3 N–H and O–H groups in total. The van der Waals surface area contributed by atoms with Crippen molar-refractivity contribution in [3.8, 4) is 5.69 Å². The molecule has 0 spiro atoms. The zero-order chi connectivity index (χ0) is 32.6. The molecule has 0 fully saturated rings. The molecule has 2 amide bonds. The molecule has 0 atom stereocenters. The first kappa shape index (κ1) is 30.1. The smallest absolute Gasteiger partial charge is 0.340 e. The predicted molar refractivity (Wildman–Crippen MR) is 169 cm³/mol. The van der Waals surface area contributed by atoms with Gasteiger partial charge >= 0.3 is 12.2 Å². The molecule has 0 saturated heterocycles. The van der Waals surface area contributed by atoms with Gasteiger partial charge in [-0.15, -0.1) is 0 Å². The Kier molecular flexibility index (Phi) is 7.74. The van der Waals surface area contributed by atoms with Gasteiger partial charge in [0.05, 0.1) is 23.0 Å². The summed E-state index contributed by atoms with van der Waals surface area (Å²) in [5.41, 5.74) is 3.21. The molecule has 0 unspecified atom stereocenters. The molecule has 0 saturated carbocycles. The van der Waals surface area contributed by atoms with Gasteiger partial charge in [-0.05, 0) is 80.4 Å². The third-order valence-corrected chi connectivity index (χ3v) is 7.24. The lowest BCUT2D eigenvalue weighted by Crippen LogP contribution is -2.20. The summed E-state index contributed by atoms with van der Waals surface area (Å²) in [5.74, 6) is -0.226. The molecule has 3 aromatic heterocycles. The number of nitrogens with zero attached hydrogens (tertiary/aromatic N) is 5. The van der Waals surface area contributed by atoms with E-state index in [-0.39, 0.29) is 16.9 Å². The van der Waals surface area contributed by atoms with Gasteiger partial charge < -0.3 is 20.5 Å². The van der Waals surface area contributed by atoms with Crippen molar-refractivity contribution >= 4 is 45.9 Å². The van der Waals surface area contributed by atoms with Gasteiger partial charge in [-0.2, -0.15) is 13.2 Å². The van der Waals surface area contributed by atoms with E-state index in [0.717, 1.165) is 23.4 Å². The second-order valence-corrected chi connectivity index (χ2v) is 10.7. The van der Waals surface area contributed by atoms with Crippen LogP contribution in [0.3, 0.4) is 0 Å². The number of imidazole rings is 1. The molecule has 6 aromatic rings. The van der Waals surface area contributed by atoms with Crippen molar-refractivity contribution in [2.75, 3.05) is 16.0 Å². The van der Waals surface area contributed by atoms with Crippen LogP contribution in [0.2, 0.25) is 0 Å². The summed E-state index contributed by atoms with van der Waals surface area (Å²) in [6.45, 7) is 5.46. The van der Waals surface area contributed by atoms with Crippen LogP contribution in [0.5, 0.6) is 0 Å². The van der Waals surface area contributed by atoms with E-state index < -0.39 is 23.7 Å². The fourth-order valence-electron chi connectivity index (χ4n) is 4.90. The van der Waals surface area contributed by atoms with Crippen LogP contribution < -0.4 is 16.0 Å². The molecule has 0 radical (unpaired) electrons. The average Bonchev–Trinajstić information content (AvgIpc) is 3.65. The number of hydrogen-bond acceptors (Lipinski definition) is 6. The van der Waals surface area contributed by atoms with Gasteiger partial charge in [-0.3, -0.25) is 9.36 Å². The van der Waals surface area contributed by atoms with E-state index in [9.17, 15) is 22.8 Å². The van der Waals surface area contributed by atoms with Crippen molar-refractivity contribution in [1.82, 2.24) is 24.1 Å². The Labute approximate surface area is 260 Å². The molecule has 0 aliphatic carbocycles. The van der Waals surface area contributed by atoms with Crippen LogP contribution in [0.25, 0.3) is 16.7 Å². The standard InChI is InChI=1S/C33H27F3N8O2/c1-19-5-4-6-24(11-19)40-29-27-9-10-44(30(27)38-17-37-29)32(46)42-28-15-25(8-7-20(28)2)41-31(45)22-12-23(33(34,35)36)14-26(13-22)43-16-21(3)39-18-43/h4-18H,1-3H3,(H,41,45)(H,42,46)(H,37,38,40). The number of benzene rings is 3. The van der Waals surface area contributed by atoms with E-state index in [1.54, 1.807) is 44.4 Å². The van der Waals surface area contributed by atoms with Crippen LogP contribution in [0.15, 0.2) is 91.8 Å². The zero-order valence-electron chi connectivity index (χ0n) is 24.8. The average molecular weight is 625 g/mol. The van der Waals surface area contributed by atoms with E-state index in [1.165, 1.54) is 33.9 Å². The third-order valence-electron chi connectivity index (χ3n) is 7.24. The fraction of sp³-hybridized carbons (Fsp3) is 0.121. The van der Waals surface area contributed by atoms with E-state index >= 15 is 0 Å². The van der Waals surface area contributed by atoms with Crippen molar-refractivity contribution in [3.05, 3.63) is 120 Å². The monoisotopic (exact) mass is 624 g/mol. The Balaban J connectivity index is 1.23. The largest absolute Gasteiger partial charge is 0.416 e. The maximum Gasteiger partial charge on any atom is 0.416 e. The Morgan fingerprint density at radius 1 is 0.848 bits per heavy atom. The number of alkyl halides is 3. The molecular formula is C33H27F3N8O2. The topological polar surface area (TPSA) is 119 Å². The Morgan fingerprint density at radius 2 is 1.67 bits per heavy atom. The van der Waals surface area contributed by atoms with Crippen LogP contribution in [0.1, 0.15) is 32.7 Å². The lowest BCUT2D eigenvalue weighted by Gasteiger charge is -2.14. The number of carbonyl (C=O) groups excluding carboxylic acids is 2. The number of nitrogens with one attached hydrogen (secondary N) is 3. The maximum atomic E-state index is 13.7. The highest BCUT2D eigenvalue weighted by Crippen LogP contribution is 2.32. The lowest BCUT2D eigenvalue weighted by molar-refractivity contribution is -0.137. The third kappa shape index (κ3) is 6.29. The fourth-order valence-corrected chi connectivity index (χ4v) is 4.90. The van der Waals surface area contributed by atoms with Crippen LogP contribution in [-0.4, -0.2) is 36.0 Å². The summed E-state index contributed by atoms with van der Waals surface area (Å²) < 4.78 is 43.9. The highest BCUT2D eigenvalue weighted by Gasteiger charge is 2.32. The van der Waals surface area contributed by atoms with Crippen molar-refractivity contribution < 1.29 is 22.8 Å². The molecular weight excluding hydrogens is 597 g/mol. The maximum absolute atomic E-state index is 13.7. The Bertz CT molecular complexity index is 2120. The summed E-state index contributed by atoms with van der Waals surface area (Å²) in [7, 11) is 0. The summed E-state index contributed by atoms with van der Waals surface area (Å²) >= 11 is 0. The molecule has 3 heterocycles. The molecule has 0 aliphatic rings. The number of amides is 2. The first-order valence-electron chi connectivity index (χ1n) is 14.1. The van der Waals surface area contributed by atoms with Crippen molar-refractivity contribution in [2.24, 2.45) is 0 Å². The number of aryl methyl sites for hydroxylation is 3. The Morgan fingerprint density at radius 3 is 2.41 bits per heavy atom. The summed E-state index contributed by atoms with van der Waals surface area (Å²) in [4.78, 5) is 39.3. The van der Waals surface area contributed by atoms with Gasteiger partial charge in [-0.1, -0.05) is 18.2 Å². The molecule has 10 nitrogen and oxygen atoms in total. The van der Waals surface area contributed by atoms with Gasteiger partial charge in [0.15, 0.2) is 5.65 Å². The predicted octanol–water partition coefficient (Wildman–Crippen LogP) is 7.64. The van der Waals surface area contributed by atoms with Gasteiger partial charge in [0.1, 0.15) is 12.1 Å². The molecule has 0 aliphatic heterocycles. The van der Waals surface area contributed by atoms with Crippen molar-refractivity contribution in [2.45, 2.75) is 26.9 Å². The van der Waals surface area contributed by atoms with Crippen LogP contribution in [0.4, 0.5) is 40.8 Å². The zero-order valence-corrected chi connectivity index (χ0v) is 24.8.